The number of amides is 2. The molecule has 1 unspecified atom stereocenters. The first kappa shape index (κ1) is 24.0. The molecule has 4 atom stereocenters. The third-order valence-electron chi connectivity index (χ3n) is 6.99. The number of fused-ring (bicyclic) bond motifs is 2. The van der Waals surface area contributed by atoms with Gasteiger partial charge in [-0.3, -0.25) is 9.59 Å². The maximum absolute atomic E-state index is 13.8. The number of hydrogen-bond donors (Lipinski definition) is 4. The number of carbonyl (C=O) groups excluding carboxylic acids is 2. The summed E-state index contributed by atoms with van der Waals surface area (Å²) in [5.74, 6) is 0.314. The first-order chi connectivity index (χ1) is 16.2. The first-order valence-electron chi connectivity index (χ1n) is 11.8. The number of benzene rings is 2. The summed E-state index contributed by atoms with van der Waals surface area (Å²) >= 11 is 0. The smallest absolute Gasteiger partial charge is 0.240 e. The van der Waals surface area contributed by atoms with Crippen LogP contribution < -0.4 is 21.1 Å². The molecule has 1 saturated heterocycles. The van der Waals surface area contributed by atoms with Crippen molar-refractivity contribution in [3.63, 3.8) is 0 Å². The molecule has 34 heavy (non-hydrogen) atoms. The molecule has 5 N–H and O–H groups in total. The molecule has 2 heterocycles. The van der Waals surface area contributed by atoms with Crippen molar-refractivity contribution in [2.75, 3.05) is 19.0 Å². The SMILES string of the molecule is COc1ccc(CN[C@@H](CC(C)C)C(=O)N2C[C@@]3(C[C@H]2C(N)=O)c2ccccc2NC3O)cc1. The summed E-state index contributed by atoms with van der Waals surface area (Å²) in [5, 5.41) is 17.4. The van der Waals surface area contributed by atoms with E-state index in [1.54, 1.807) is 12.0 Å². The Balaban J connectivity index is 1.57. The van der Waals surface area contributed by atoms with Gasteiger partial charge in [-0.1, -0.05) is 44.2 Å². The van der Waals surface area contributed by atoms with Gasteiger partial charge in [-0.05, 0) is 48.1 Å². The number of nitrogens with zero attached hydrogens (tertiary/aromatic N) is 1. The van der Waals surface area contributed by atoms with E-state index >= 15 is 0 Å². The molecule has 0 saturated carbocycles. The van der Waals surface area contributed by atoms with Gasteiger partial charge in [-0.15, -0.1) is 0 Å². The van der Waals surface area contributed by atoms with Gasteiger partial charge in [0.05, 0.1) is 18.6 Å². The summed E-state index contributed by atoms with van der Waals surface area (Å²) < 4.78 is 5.22. The molecule has 1 fully saturated rings. The van der Waals surface area contributed by atoms with Gasteiger partial charge in [-0.25, -0.2) is 0 Å². The number of nitrogens with two attached hydrogens (primary N) is 1. The van der Waals surface area contributed by atoms with Crippen molar-refractivity contribution in [2.24, 2.45) is 11.7 Å². The zero-order chi connectivity index (χ0) is 24.5. The van der Waals surface area contributed by atoms with Crippen LogP contribution in [0.3, 0.4) is 0 Å². The first-order valence-corrected chi connectivity index (χ1v) is 11.8. The molecule has 2 amide bonds. The minimum atomic E-state index is -0.902. The fourth-order valence-electron chi connectivity index (χ4n) is 5.22. The number of nitrogens with one attached hydrogen (secondary N) is 2. The highest BCUT2D eigenvalue weighted by atomic mass is 16.5. The van der Waals surface area contributed by atoms with Crippen molar-refractivity contribution in [1.29, 1.82) is 0 Å². The predicted molar refractivity (Wildman–Crippen MR) is 130 cm³/mol. The van der Waals surface area contributed by atoms with Gasteiger partial charge in [0, 0.05) is 18.8 Å². The maximum Gasteiger partial charge on any atom is 0.240 e. The fourth-order valence-corrected chi connectivity index (χ4v) is 5.22. The molecule has 1 spiro atoms. The number of likely N-dealkylation sites (tertiary alicyclic amines) is 1. The number of hydrogen-bond acceptors (Lipinski definition) is 6. The van der Waals surface area contributed by atoms with Crippen molar-refractivity contribution in [1.82, 2.24) is 10.2 Å². The Kier molecular flexibility index (Phi) is 6.81. The van der Waals surface area contributed by atoms with Gasteiger partial charge in [0.1, 0.15) is 18.0 Å². The van der Waals surface area contributed by atoms with Crippen LogP contribution in [0.15, 0.2) is 48.5 Å². The van der Waals surface area contributed by atoms with E-state index in [0.29, 0.717) is 13.0 Å². The monoisotopic (exact) mass is 466 g/mol. The van der Waals surface area contributed by atoms with Crippen LogP contribution in [0, 0.1) is 5.92 Å². The molecule has 0 aliphatic carbocycles. The molecule has 182 valence electrons. The molecule has 2 aromatic rings. The Hall–Kier alpha value is -3.10. The normalized spacial score (nSPS) is 24.2. The van der Waals surface area contributed by atoms with E-state index in [1.807, 2.05) is 48.5 Å². The molecule has 2 aliphatic heterocycles. The lowest BCUT2D eigenvalue weighted by Crippen LogP contribution is -2.52. The molecule has 4 rings (SSSR count). The highest BCUT2D eigenvalue weighted by molar-refractivity contribution is 5.90. The Morgan fingerprint density at radius 1 is 1.24 bits per heavy atom. The molecule has 0 aromatic heterocycles. The number of rotatable bonds is 8. The lowest BCUT2D eigenvalue weighted by molar-refractivity contribution is -0.139. The van der Waals surface area contributed by atoms with E-state index in [-0.39, 0.29) is 24.8 Å². The lowest BCUT2D eigenvalue weighted by atomic mass is 9.79. The quantitative estimate of drug-likeness (QED) is 0.473. The second-order valence-corrected chi connectivity index (χ2v) is 9.75. The zero-order valence-corrected chi connectivity index (χ0v) is 20.0. The number of methoxy groups -OCH3 is 1. The summed E-state index contributed by atoms with van der Waals surface area (Å²) in [7, 11) is 1.62. The highest BCUT2D eigenvalue weighted by Gasteiger charge is 2.57. The minimum Gasteiger partial charge on any atom is -0.497 e. The van der Waals surface area contributed by atoms with Crippen LogP contribution in [0.25, 0.3) is 0 Å². The molecule has 2 aliphatic rings. The van der Waals surface area contributed by atoms with Gasteiger partial charge < -0.3 is 31.1 Å². The van der Waals surface area contributed by atoms with Crippen molar-refractivity contribution in [2.45, 2.75) is 57.0 Å². The van der Waals surface area contributed by atoms with Gasteiger partial charge in [0.2, 0.25) is 11.8 Å². The Labute approximate surface area is 200 Å². The average molecular weight is 467 g/mol. The number of anilines is 1. The molecule has 0 bridgehead atoms. The van der Waals surface area contributed by atoms with Crippen molar-refractivity contribution in [3.05, 3.63) is 59.7 Å². The van der Waals surface area contributed by atoms with Crippen LogP contribution in [-0.4, -0.2) is 53.8 Å². The summed E-state index contributed by atoms with van der Waals surface area (Å²) in [6.07, 6.45) is -0.00613. The standard InChI is InChI=1S/C26H34N4O4/c1-16(2)12-21(28-14-17-8-10-18(34-3)11-9-17)24(32)30-15-26(13-22(30)23(27)31)19-6-4-5-7-20(19)29-25(26)33/h4-11,16,21-22,25,28-29,33H,12-15H2,1-3H3,(H2,27,31)/t21-,22-,25?,26-/m0/s1. The Morgan fingerprint density at radius 3 is 2.59 bits per heavy atom. The van der Waals surface area contributed by atoms with E-state index in [0.717, 1.165) is 22.6 Å². The van der Waals surface area contributed by atoms with Gasteiger partial charge in [0.25, 0.3) is 0 Å². The third-order valence-corrected chi connectivity index (χ3v) is 6.99. The van der Waals surface area contributed by atoms with Crippen molar-refractivity contribution < 1.29 is 19.4 Å². The van der Waals surface area contributed by atoms with Crippen LogP contribution >= 0.6 is 0 Å². The minimum absolute atomic E-state index is 0.167. The zero-order valence-electron chi connectivity index (χ0n) is 20.0. The second kappa shape index (κ2) is 9.64. The van der Waals surface area contributed by atoms with E-state index in [2.05, 4.69) is 24.5 Å². The lowest BCUT2D eigenvalue weighted by Gasteiger charge is -2.31. The van der Waals surface area contributed by atoms with Crippen LogP contribution in [0.1, 0.15) is 37.8 Å². The molecule has 8 nitrogen and oxygen atoms in total. The molecular weight excluding hydrogens is 432 g/mol. The van der Waals surface area contributed by atoms with E-state index in [4.69, 9.17) is 10.5 Å². The molecule has 8 heteroatoms. The number of primary amides is 1. The molecule has 2 aromatic carbocycles. The Morgan fingerprint density at radius 2 is 1.94 bits per heavy atom. The predicted octanol–water partition coefficient (Wildman–Crippen LogP) is 1.97. The van der Waals surface area contributed by atoms with E-state index in [9.17, 15) is 14.7 Å². The number of para-hydroxylation sites is 1. The van der Waals surface area contributed by atoms with Crippen LogP contribution in [0.5, 0.6) is 5.75 Å². The summed E-state index contributed by atoms with van der Waals surface area (Å²) in [6, 6.07) is 14.0. The van der Waals surface area contributed by atoms with Crippen LogP contribution in [0.4, 0.5) is 5.69 Å². The molecular formula is C26H34N4O4. The summed E-state index contributed by atoms with van der Waals surface area (Å²) in [6.45, 7) is 4.85. The molecule has 0 radical (unpaired) electrons. The number of ether oxygens (including phenoxy) is 1. The number of aliphatic hydroxyl groups is 1. The van der Waals surface area contributed by atoms with Crippen molar-refractivity contribution >= 4 is 17.5 Å². The summed E-state index contributed by atoms with van der Waals surface area (Å²) in [5.41, 5.74) is 7.76. The van der Waals surface area contributed by atoms with Crippen LogP contribution in [0.2, 0.25) is 0 Å². The number of aliphatic hydroxyl groups excluding tert-OH is 1. The maximum atomic E-state index is 13.8. The topological polar surface area (TPSA) is 117 Å². The fraction of sp³-hybridized carbons (Fsp3) is 0.462. The van der Waals surface area contributed by atoms with E-state index in [1.165, 1.54) is 0 Å². The highest BCUT2D eigenvalue weighted by Crippen LogP contribution is 2.48. The van der Waals surface area contributed by atoms with Gasteiger partial charge >= 0.3 is 0 Å². The second-order valence-electron chi connectivity index (χ2n) is 9.75. The Bertz CT molecular complexity index is 1040. The van der Waals surface area contributed by atoms with Crippen LogP contribution in [-0.2, 0) is 21.5 Å². The summed E-state index contributed by atoms with van der Waals surface area (Å²) in [4.78, 5) is 27.8. The van der Waals surface area contributed by atoms with Gasteiger partial charge in [-0.2, -0.15) is 0 Å². The number of carbonyl (C=O) groups is 2. The largest absolute Gasteiger partial charge is 0.497 e. The third kappa shape index (κ3) is 4.48. The van der Waals surface area contributed by atoms with Gasteiger partial charge in [0.15, 0.2) is 0 Å². The van der Waals surface area contributed by atoms with Crippen molar-refractivity contribution in [3.8, 4) is 5.75 Å². The van der Waals surface area contributed by atoms with E-state index < -0.39 is 29.6 Å². The average Bonchev–Trinajstić information content (AvgIpc) is 3.35.